The van der Waals surface area contributed by atoms with E-state index in [9.17, 15) is 0 Å². The van der Waals surface area contributed by atoms with Gasteiger partial charge in [0.25, 0.3) is 0 Å². The zero-order valence-corrected chi connectivity index (χ0v) is 12.3. The van der Waals surface area contributed by atoms with Crippen molar-refractivity contribution in [3.63, 3.8) is 0 Å². The van der Waals surface area contributed by atoms with Crippen LogP contribution in [-0.4, -0.2) is 27.9 Å². The zero-order chi connectivity index (χ0) is 12.6. The first kappa shape index (κ1) is 14.7. The van der Waals surface area contributed by atoms with E-state index < -0.39 is 17.8 Å². The molecule has 0 radical (unpaired) electrons. The molecule has 96 valence electrons. The molecule has 1 aromatic carbocycles. The molecule has 0 aliphatic rings. The predicted molar refractivity (Wildman–Crippen MR) is 65.4 cm³/mol. The van der Waals surface area contributed by atoms with Crippen molar-refractivity contribution in [1.82, 2.24) is 0 Å². The minimum absolute atomic E-state index is 0.864. The topological polar surface area (TPSA) is 39.7 Å². The molecule has 0 heterocycles. The quantitative estimate of drug-likeness (QED) is 0.585. The van der Waals surface area contributed by atoms with Crippen molar-refractivity contribution >= 4 is 5.69 Å². The second kappa shape index (κ2) is 7.85. The van der Waals surface area contributed by atoms with Gasteiger partial charge in [0.1, 0.15) is 0 Å². The minimum atomic E-state index is -2.91. The average molecular weight is 275 g/mol. The maximum absolute atomic E-state index is 5.40. The summed E-state index contributed by atoms with van der Waals surface area (Å²) in [6.45, 7) is 0.896. The van der Waals surface area contributed by atoms with Gasteiger partial charge in [-0.1, -0.05) is 0 Å². The van der Waals surface area contributed by atoms with Crippen LogP contribution in [-0.2, 0) is 27.7 Å². The number of para-hydroxylation sites is 1. The number of hydrogen-bond donors (Lipinski definition) is 1. The van der Waals surface area contributed by atoms with Gasteiger partial charge in [0.15, 0.2) is 0 Å². The van der Waals surface area contributed by atoms with Crippen LogP contribution in [0.15, 0.2) is 30.3 Å². The van der Waals surface area contributed by atoms with Crippen LogP contribution in [0.1, 0.15) is 6.42 Å². The molecule has 0 aromatic heterocycles. The Morgan fingerprint density at radius 3 is 2.12 bits per heavy atom. The Labute approximate surface area is 108 Å². The third-order valence-corrected chi connectivity index (χ3v) is 7.12. The first-order valence-electron chi connectivity index (χ1n) is 5.70. The van der Waals surface area contributed by atoms with Gasteiger partial charge in [-0.3, -0.25) is 0 Å². The number of nitrogens with one attached hydrogen (secondary N) is 1. The molecule has 0 amide bonds. The fraction of sp³-hybridized carbons (Fsp3) is 0.500. The monoisotopic (exact) mass is 275 g/mol. The summed E-state index contributed by atoms with van der Waals surface area (Å²) in [6.07, 6.45) is 0.977. The van der Waals surface area contributed by atoms with Gasteiger partial charge >= 0.3 is 108 Å². The van der Waals surface area contributed by atoms with Crippen LogP contribution in [0.5, 0.6) is 0 Å². The van der Waals surface area contributed by atoms with E-state index in [0.29, 0.717) is 0 Å². The molecule has 5 heteroatoms. The predicted octanol–water partition coefficient (Wildman–Crippen LogP) is 2.75. The van der Waals surface area contributed by atoms with Crippen LogP contribution in [0, 0.1) is 0 Å². The van der Waals surface area contributed by atoms with E-state index in [1.807, 2.05) is 18.2 Å². The molecule has 0 saturated carbocycles. The summed E-state index contributed by atoms with van der Waals surface area (Å²) in [5.74, 6) is 0. The molecule has 0 saturated heterocycles. The summed E-state index contributed by atoms with van der Waals surface area (Å²) in [5.41, 5.74) is 1.14. The van der Waals surface area contributed by atoms with Crippen molar-refractivity contribution < 1.29 is 27.7 Å². The van der Waals surface area contributed by atoms with E-state index in [2.05, 4.69) is 17.4 Å². The number of rotatable bonds is 8. The molecule has 0 fully saturated rings. The van der Waals surface area contributed by atoms with Gasteiger partial charge in [-0.05, 0) is 0 Å². The zero-order valence-electron chi connectivity index (χ0n) is 10.7. The molecule has 1 aromatic rings. The molecule has 17 heavy (non-hydrogen) atoms. The molecule has 0 unspecified atom stereocenters. The van der Waals surface area contributed by atoms with Crippen molar-refractivity contribution in [2.45, 2.75) is 11.1 Å². The van der Waals surface area contributed by atoms with E-state index in [4.69, 9.17) is 9.96 Å². The molecule has 0 aliphatic heterocycles. The van der Waals surface area contributed by atoms with Gasteiger partial charge in [0.05, 0.1) is 0 Å². The Kier molecular flexibility index (Phi) is 6.77. The Balaban J connectivity index is 2.28. The van der Waals surface area contributed by atoms with Gasteiger partial charge in [-0.25, -0.2) is 0 Å². The van der Waals surface area contributed by atoms with Gasteiger partial charge in [-0.15, -0.1) is 0 Å². The molecule has 0 spiro atoms. The third-order valence-electron chi connectivity index (χ3n) is 2.70. The normalized spacial score (nSPS) is 11.5. The Morgan fingerprint density at radius 1 is 1.00 bits per heavy atom. The number of anilines is 1. The van der Waals surface area contributed by atoms with Crippen molar-refractivity contribution in [3.05, 3.63) is 30.3 Å². The average Bonchev–Trinajstić information content (AvgIpc) is 2.41. The summed E-state index contributed by atoms with van der Waals surface area (Å²) < 4.78 is 17.1. The molecule has 1 N–H and O–H groups in total. The van der Waals surface area contributed by atoms with Gasteiger partial charge < -0.3 is 0 Å². The van der Waals surface area contributed by atoms with Crippen LogP contribution in [0.3, 0.4) is 0 Å². The molecular formula is C12H21NO3Ti. The van der Waals surface area contributed by atoms with Crippen molar-refractivity contribution in [1.29, 1.82) is 0 Å². The molecular weight excluding hydrogens is 254 g/mol. The van der Waals surface area contributed by atoms with E-state index in [0.717, 1.165) is 23.4 Å². The molecule has 0 bridgehead atoms. The summed E-state index contributed by atoms with van der Waals surface area (Å²) in [7, 11) is 4.99. The van der Waals surface area contributed by atoms with Crippen molar-refractivity contribution in [2.75, 3.05) is 33.2 Å². The van der Waals surface area contributed by atoms with E-state index in [1.165, 1.54) is 0 Å². The number of benzene rings is 1. The van der Waals surface area contributed by atoms with Crippen LogP contribution in [0.25, 0.3) is 0 Å². The van der Waals surface area contributed by atoms with Crippen LogP contribution in [0.2, 0.25) is 4.73 Å². The maximum atomic E-state index is 5.40. The second-order valence-corrected chi connectivity index (χ2v) is 8.52. The summed E-state index contributed by atoms with van der Waals surface area (Å²) >= 11 is -2.91. The van der Waals surface area contributed by atoms with E-state index in [-0.39, 0.29) is 0 Å². The van der Waals surface area contributed by atoms with E-state index >= 15 is 0 Å². The molecule has 0 aliphatic carbocycles. The fourth-order valence-corrected chi connectivity index (χ4v) is 4.34. The second-order valence-electron chi connectivity index (χ2n) is 3.69. The molecule has 0 atom stereocenters. The van der Waals surface area contributed by atoms with Gasteiger partial charge in [-0.2, -0.15) is 0 Å². The summed E-state index contributed by atoms with van der Waals surface area (Å²) in [5, 5.41) is 3.35. The van der Waals surface area contributed by atoms with Crippen LogP contribution < -0.4 is 5.32 Å². The SMILES string of the molecule is C[O][Ti]([CH2]CCNc1ccccc1)([O]C)[O]C. The Morgan fingerprint density at radius 2 is 1.59 bits per heavy atom. The van der Waals surface area contributed by atoms with Crippen LogP contribution in [0.4, 0.5) is 5.69 Å². The molecule has 1 rings (SSSR count). The Hall–Kier alpha value is -0.386. The summed E-state index contributed by atoms with van der Waals surface area (Å²) in [4.78, 5) is 0. The van der Waals surface area contributed by atoms with Gasteiger partial charge in [0.2, 0.25) is 0 Å². The van der Waals surface area contributed by atoms with E-state index in [1.54, 1.807) is 21.3 Å². The molecule has 4 nitrogen and oxygen atoms in total. The first-order valence-corrected chi connectivity index (χ1v) is 8.72. The fourth-order valence-electron chi connectivity index (χ4n) is 1.65. The summed E-state index contributed by atoms with van der Waals surface area (Å²) in [6, 6.07) is 10.1. The van der Waals surface area contributed by atoms with Crippen molar-refractivity contribution in [3.8, 4) is 0 Å². The standard InChI is InChI=1S/C9H12N.3CH3O.Ti/c1-2-8-10-9-6-4-3-5-7-9;3*1-2;/h3-7,10H,1-2,8H2;3*1H3;/q;3*-1;+3. The van der Waals surface area contributed by atoms with Crippen molar-refractivity contribution in [2.24, 2.45) is 0 Å². The van der Waals surface area contributed by atoms with Crippen LogP contribution >= 0.6 is 0 Å². The number of hydrogen-bond acceptors (Lipinski definition) is 4. The third kappa shape index (κ3) is 4.78. The first-order chi connectivity index (χ1) is 8.26. The van der Waals surface area contributed by atoms with Gasteiger partial charge in [0, 0.05) is 0 Å². The Bertz CT molecular complexity index is 296.